The molecule has 0 bridgehead atoms. The van der Waals surface area contributed by atoms with Gasteiger partial charge in [-0.1, -0.05) is 24.2 Å². The number of hydrogen-bond donors (Lipinski definition) is 2. The maximum Gasteiger partial charge on any atom is 0.433 e. The fourth-order valence-electron chi connectivity index (χ4n) is 3.31. The van der Waals surface area contributed by atoms with E-state index in [9.17, 15) is 13.2 Å². The first kappa shape index (κ1) is 24.6. The smallest absolute Gasteiger partial charge is 0.433 e. The first-order valence-electron chi connectivity index (χ1n) is 10.1. The third-order valence-corrected chi connectivity index (χ3v) is 5.39. The number of halogens is 4. The van der Waals surface area contributed by atoms with Gasteiger partial charge in [-0.2, -0.15) is 13.2 Å². The molecule has 3 rings (SSSR count). The highest BCUT2D eigenvalue weighted by atomic mass is 35.5. The van der Waals surface area contributed by atoms with Gasteiger partial charge in [0, 0.05) is 49.3 Å². The minimum Gasteiger partial charge on any atom is -0.493 e. The van der Waals surface area contributed by atoms with E-state index in [1.54, 1.807) is 25.4 Å². The lowest BCUT2D eigenvalue weighted by Gasteiger charge is -2.30. The first-order valence-corrected chi connectivity index (χ1v) is 10.4. The second-order valence-electron chi connectivity index (χ2n) is 7.46. The van der Waals surface area contributed by atoms with Crippen molar-refractivity contribution in [2.75, 3.05) is 7.11 Å². The number of nitrogens with zero attached hydrogens (tertiary/aromatic N) is 2. The van der Waals surface area contributed by atoms with Gasteiger partial charge in [-0.3, -0.25) is 9.97 Å². The number of rotatable bonds is 8. The SMILES string of the molecule is C=C(N/C=C(\N)C1CC=C(OCc2ccc(C(F)(F)F)nc2)CC1OC)c1ccc(Cl)cn1. The van der Waals surface area contributed by atoms with Gasteiger partial charge >= 0.3 is 6.18 Å². The number of methoxy groups -OCH3 is 1. The van der Waals surface area contributed by atoms with Gasteiger partial charge in [0.15, 0.2) is 0 Å². The van der Waals surface area contributed by atoms with Crippen molar-refractivity contribution < 1.29 is 22.6 Å². The fraction of sp³-hybridized carbons (Fsp3) is 0.304. The van der Waals surface area contributed by atoms with Gasteiger partial charge in [-0.15, -0.1) is 0 Å². The number of pyridine rings is 2. The van der Waals surface area contributed by atoms with Crippen LogP contribution in [0.3, 0.4) is 0 Å². The minimum atomic E-state index is -4.47. The van der Waals surface area contributed by atoms with Gasteiger partial charge in [0.1, 0.15) is 12.3 Å². The number of aromatic nitrogens is 2. The molecule has 2 unspecified atom stereocenters. The van der Waals surface area contributed by atoms with E-state index in [2.05, 4.69) is 21.9 Å². The van der Waals surface area contributed by atoms with Crippen LogP contribution in [0.2, 0.25) is 5.02 Å². The summed E-state index contributed by atoms with van der Waals surface area (Å²) in [7, 11) is 1.59. The molecule has 0 amide bonds. The Balaban J connectivity index is 1.57. The quantitative estimate of drug-likeness (QED) is 0.551. The molecule has 2 aromatic heterocycles. The molecule has 0 aliphatic heterocycles. The van der Waals surface area contributed by atoms with Crippen molar-refractivity contribution in [3.63, 3.8) is 0 Å². The Morgan fingerprint density at radius 3 is 2.67 bits per heavy atom. The van der Waals surface area contributed by atoms with Crippen LogP contribution in [0.25, 0.3) is 5.70 Å². The summed E-state index contributed by atoms with van der Waals surface area (Å²) >= 11 is 5.85. The Hall–Kier alpha value is -3.04. The molecule has 0 fully saturated rings. The predicted molar refractivity (Wildman–Crippen MR) is 119 cm³/mol. The highest BCUT2D eigenvalue weighted by Gasteiger charge is 2.32. The lowest BCUT2D eigenvalue weighted by Crippen LogP contribution is -2.32. The number of allylic oxidation sites excluding steroid dienone is 1. The number of nitrogens with one attached hydrogen (secondary N) is 1. The summed E-state index contributed by atoms with van der Waals surface area (Å²) in [5.74, 6) is 0.599. The summed E-state index contributed by atoms with van der Waals surface area (Å²) in [5.41, 5.74) is 7.69. The average molecular weight is 481 g/mol. The molecular formula is C23H24ClF3N4O2. The van der Waals surface area contributed by atoms with Gasteiger partial charge in [0.25, 0.3) is 0 Å². The highest BCUT2D eigenvalue weighted by molar-refractivity contribution is 6.30. The van der Waals surface area contributed by atoms with Gasteiger partial charge in [-0.05, 0) is 30.7 Å². The molecule has 33 heavy (non-hydrogen) atoms. The molecule has 1 aliphatic carbocycles. The van der Waals surface area contributed by atoms with Crippen LogP contribution in [0.5, 0.6) is 0 Å². The van der Waals surface area contributed by atoms with Crippen LogP contribution in [0, 0.1) is 5.92 Å². The third-order valence-electron chi connectivity index (χ3n) is 5.17. The normalized spacial score (nSPS) is 19.1. The number of alkyl halides is 3. The molecule has 10 heteroatoms. The Morgan fingerprint density at radius 2 is 2.06 bits per heavy atom. The fourth-order valence-corrected chi connectivity index (χ4v) is 3.42. The van der Waals surface area contributed by atoms with Crippen molar-refractivity contribution in [3.05, 3.63) is 88.9 Å². The van der Waals surface area contributed by atoms with Gasteiger partial charge in [0.2, 0.25) is 0 Å². The van der Waals surface area contributed by atoms with Crippen LogP contribution in [-0.4, -0.2) is 23.2 Å². The second kappa shape index (κ2) is 10.7. The topological polar surface area (TPSA) is 82.3 Å². The zero-order valence-electron chi connectivity index (χ0n) is 17.9. The van der Waals surface area contributed by atoms with E-state index in [1.807, 2.05) is 6.08 Å². The number of ether oxygens (including phenoxy) is 2. The maximum absolute atomic E-state index is 12.6. The van der Waals surface area contributed by atoms with Crippen LogP contribution in [0.1, 0.15) is 29.8 Å². The van der Waals surface area contributed by atoms with Gasteiger partial charge in [-0.25, -0.2) is 0 Å². The van der Waals surface area contributed by atoms with Crippen molar-refractivity contribution in [3.8, 4) is 0 Å². The maximum atomic E-state index is 12.6. The van der Waals surface area contributed by atoms with E-state index in [-0.39, 0.29) is 18.6 Å². The molecule has 3 N–H and O–H groups in total. The summed E-state index contributed by atoms with van der Waals surface area (Å²) in [4.78, 5) is 7.64. The van der Waals surface area contributed by atoms with Gasteiger partial charge < -0.3 is 20.5 Å². The second-order valence-corrected chi connectivity index (χ2v) is 7.89. The predicted octanol–water partition coefficient (Wildman–Crippen LogP) is 5.03. The summed E-state index contributed by atoms with van der Waals surface area (Å²) in [6, 6.07) is 5.76. The molecule has 0 spiro atoms. The summed E-state index contributed by atoms with van der Waals surface area (Å²) in [5, 5.41) is 3.58. The largest absolute Gasteiger partial charge is 0.493 e. The summed E-state index contributed by atoms with van der Waals surface area (Å²) in [6.07, 6.45) is 2.64. The summed E-state index contributed by atoms with van der Waals surface area (Å²) in [6.45, 7) is 4.06. The number of hydrogen-bond acceptors (Lipinski definition) is 6. The van der Waals surface area contributed by atoms with Crippen molar-refractivity contribution in [1.29, 1.82) is 0 Å². The zero-order chi connectivity index (χ0) is 24.0. The standard InChI is InChI=1S/C23H24ClF3N4O2/c1-14(20-7-4-16(24)11-30-20)29-12-19(28)18-6-5-17(9-21(18)32-2)33-13-15-3-8-22(31-10-15)23(25,26)27/h3-5,7-8,10-12,18,21,29H,1,6,9,13,28H2,2H3/b19-12-. The molecular weight excluding hydrogens is 457 g/mol. The van der Waals surface area contributed by atoms with Crippen molar-refractivity contribution in [1.82, 2.24) is 15.3 Å². The lowest BCUT2D eigenvalue weighted by atomic mass is 9.88. The average Bonchev–Trinajstić information content (AvgIpc) is 2.81. The van der Waals surface area contributed by atoms with E-state index in [0.717, 1.165) is 12.3 Å². The van der Waals surface area contributed by atoms with Crippen molar-refractivity contribution >= 4 is 17.3 Å². The third kappa shape index (κ3) is 6.72. The Kier molecular flexibility index (Phi) is 7.99. The van der Waals surface area contributed by atoms with Crippen LogP contribution >= 0.6 is 11.6 Å². The molecule has 0 saturated carbocycles. The molecule has 0 radical (unpaired) electrons. The number of nitrogens with two attached hydrogens (primary N) is 1. The van der Waals surface area contributed by atoms with Gasteiger partial charge in [0.05, 0.1) is 28.3 Å². The molecule has 176 valence electrons. The lowest BCUT2D eigenvalue weighted by molar-refractivity contribution is -0.141. The van der Waals surface area contributed by atoms with E-state index in [4.69, 9.17) is 26.8 Å². The van der Waals surface area contributed by atoms with Crippen LogP contribution in [0.15, 0.2) is 67.0 Å². The van der Waals surface area contributed by atoms with E-state index in [0.29, 0.717) is 46.3 Å². The van der Waals surface area contributed by atoms with E-state index in [1.165, 1.54) is 12.3 Å². The van der Waals surface area contributed by atoms with E-state index >= 15 is 0 Å². The molecule has 2 atom stereocenters. The van der Waals surface area contributed by atoms with E-state index < -0.39 is 11.9 Å². The highest BCUT2D eigenvalue weighted by Crippen LogP contribution is 2.31. The Morgan fingerprint density at radius 1 is 1.27 bits per heavy atom. The molecule has 6 nitrogen and oxygen atoms in total. The Bertz CT molecular complexity index is 1020. The zero-order valence-corrected chi connectivity index (χ0v) is 18.7. The first-order chi connectivity index (χ1) is 15.7. The molecule has 0 saturated heterocycles. The molecule has 1 aliphatic rings. The van der Waals surface area contributed by atoms with Crippen LogP contribution in [0.4, 0.5) is 13.2 Å². The Labute approximate surface area is 195 Å². The molecule has 0 aromatic carbocycles. The molecule has 2 heterocycles. The molecule has 2 aromatic rings. The monoisotopic (exact) mass is 480 g/mol. The van der Waals surface area contributed by atoms with Crippen molar-refractivity contribution in [2.45, 2.75) is 31.7 Å². The van der Waals surface area contributed by atoms with Crippen LogP contribution in [-0.2, 0) is 22.3 Å². The summed E-state index contributed by atoms with van der Waals surface area (Å²) < 4.78 is 49.3. The van der Waals surface area contributed by atoms with Crippen molar-refractivity contribution in [2.24, 2.45) is 11.7 Å². The minimum absolute atomic E-state index is 0.0893. The van der Waals surface area contributed by atoms with Crippen LogP contribution < -0.4 is 11.1 Å².